The van der Waals surface area contributed by atoms with Gasteiger partial charge in [0.2, 0.25) is 5.91 Å². The number of carbonyl (C=O) groups is 2. The lowest BCUT2D eigenvalue weighted by Crippen LogP contribution is -2.45. The van der Waals surface area contributed by atoms with Crippen molar-refractivity contribution < 1.29 is 22.8 Å². The summed E-state index contributed by atoms with van der Waals surface area (Å²) in [7, 11) is 0. The van der Waals surface area contributed by atoms with Crippen LogP contribution in [0, 0.1) is 0 Å². The minimum absolute atomic E-state index is 0.0437. The van der Waals surface area contributed by atoms with Crippen LogP contribution in [0.1, 0.15) is 29.5 Å². The van der Waals surface area contributed by atoms with Gasteiger partial charge in [0.15, 0.2) is 0 Å². The first kappa shape index (κ1) is 27.6. The third kappa shape index (κ3) is 6.77. The number of urea groups is 1. The van der Waals surface area contributed by atoms with Crippen molar-refractivity contribution in [2.75, 3.05) is 18.4 Å². The maximum Gasteiger partial charge on any atom is 0.416 e. The number of aromatic nitrogens is 1. The molecule has 0 bridgehead atoms. The summed E-state index contributed by atoms with van der Waals surface area (Å²) < 4.78 is 39.2. The molecule has 0 saturated heterocycles. The molecule has 0 radical (unpaired) electrons. The van der Waals surface area contributed by atoms with Crippen LogP contribution in [0.25, 0.3) is 10.9 Å². The lowest BCUT2D eigenvalue weighted by molar-refractivity contribution is -0.137. The average Bonchev–Trinajstić information content (AvgIpc) is 3.69. The van der Waals surface area contributed by atoms with Gasteiger partial charge in [-0.3, -0.25) is 4.79 Å². The molecule has 0 spiro atoms. The Bertz CT molecular complexity index is 1480. The van der Waals surface area contributed by atoms with E-state index in [4.69, 9.17) is 11.6 Å². The number of hydrogen-bond acceptors (Lipinski definition) is 2. The number of alkyl halides is 3. The quantitative estimate of drug-likeness (QED) is 0.226. The molecule has 10 heteroatoms. The van der Waals surface area contributed by atoms with Crippen LogP contribution in [0.5, 0.6) is 0 Å². The van der Waals surface area contributed by atoms with Crippen molar-refractivity contribution in [3.63, 3.8) is 0 Å². The molecule has 1 heterocycles. The molecule has 2 N–H and O–H groups in total. The van der Waals surface area contributed by atoms with Crippen LogP contribution in [-0.2, 0) is 23.9 Å². The number of para-hydroxylation sites is 1. The van der Waals surface area contributed by atoms with Crippen molar-refractivity contribution in [2.24, 2.45) is 0 Å². The first-order chi connectivity index (χ1) is 19.2. The Hall–Kier alpha value is -3.98. The normalized spacial score (nSPS) is 13.3. The summed E-state index contributed by atoms with van der Waals surface area (Å²) in [4.78, 5) is 33.1. The van der Waals surface area contributed by atoms with Gasteiger partial charge in [0.05, 0.1) is 5.56 Å². The predicted molar refractivity (Wildman–Crippen MR) is 149 cm³/mol. The molecule has 40 heavy (non-hydrogen) atoms. The number of fused-ring (bicyclic) bond motifs is 1. The van der Waals surface area contributed by atoms with E-state index in [2.05, 4.69) is 10.3 Å². The lowest BCUT2D eigenvalue weighted by atomic mass is 10.1. The molecule has 1 fully saturated rings. The summed E-state index contributed by atoms with van der Waals surface area (Å²) in [6.45, 7) is 0.314. The van der Waals surface area contributed by atoms with Crippen LogP contribution >= 0.6 is 11.6 Å². The molecule has 208 valence electrons. The van der Waals surface area contributed by atoms with E-state index in [1.807, 2.05) is 30.5 Å². The number of carbonyl (C=O) groups excluding carboxylic acids is 2. The smallest absolute Gasteiger partial charge is 0.361 e. The summed E-state index contributed by atoms with van der Waals surface area (Å²) in [5, 5.41) is 4.42. The SMILES string of the molecule is O=C(CN(C(=O)Nc1ccc(Cl)cc1)C1CC1)N(CCc1c[nH]c2ccccc12)Cc1ccc(C(F)(F)F)cc1. The van der Waals surface area contributed by atoms with Crippen LogP contribution in [0.15, 0.2) is 79.0 Å². The topological polar surface area (TPSA) is 68.4 Å². The number of nitrogens with zero attached hydrogens (tertiary/aromatic N) is 2. The number of amides is 3. The number of aromatic amines is 1. The maximum atomic E-state index is 13.6. The van der Waals surface area contributed by atoms with Gasteiger partial charge in [-0.25, -0.2) is 4.79 Å². The molecular weight excluding hydrogens is 541 g/mol. The van der Waals surface area contributed by atoms with Gasteiger partial charge >= 0.3 is 12.2 Å². The Kier molecular flexibility index (Phi) is 8.02. The second kappa shape index (κ2) is 11.6. The molecular formula is C30H28ClF3N4O2. The van der Waals surface area contributed by atoms with Crippen LogP contribution in [0.4, 0.5) is 23.7 Å². The van der Waals surface area contributed by atoms with E-state index in [1.165, 1.54) is 17.0 Å². The van der Waals surface area contributed by atoms with Gasteiger partial charge < -0.3 is 20.1 Å². The van der Waals surface area contributed by atoms with Crippen molar-refractivity contribution in [3.8, 4) is 0 Å². The number of anilines is 1. The van der Waals surface area contributed by atoms with Crippen molar-refractivity contribution in [3.05, 3.63) is 101 Å². The zero-order valence-electron chi connectivity index (χ0n) is 21.5. The van der Waals surface area contributed by atoms with Gasteiger partial charge in [-0.1, -0.05) is 41.9 Å². The maximum absolute atomic E-state index is 13.6. The second-order valence-electron chi connectivity index (χ2n) is 9.92. The van der Waals surface area contributed by atoms with Gasteiger partial charge in [-0.2, -0.15) is 13.2 Å². The van der Waals surface area contributed by atoms with Crippen molar-refractivity contribution in [1.29, 1.82) is 0 Å². The fourth-order valence-electron chi connectivity index (χ4n) is 4.63. The number of hydrogen-bond donors (Lipinski definition) is 2. The highest BCUT2D eigenvalue weighted by Crippen LogP contribution is 2.30. The molecule has 6 nitrogen and oxygen atoms in total. The average molecular weight is 569 g/mol. The fourth-order valence-corrected chi connectivity index (χ4v) is 4.76. The van der Waals surface area contributed by atoms with Crippen molar-refractivity contribution in [1.82, 2.24) is 14.8 Å². The van der Waals surface area contributed by atoms with Crippen molar-refractivity contribution in [2.45, 2.75) is 38.0 Å². The molecule has 1 aromatic heterocycles. The highest BCUT2D eigenvalue weighted by Gasteiger charge is 2.35. The Labute approximate surface area is 234 Å². The number of H-pyrrole nitrogens is 1. The Morgan fingerprint density at radius 3 is 2.35 bits per heavy atom. The van der Waals surface area contributed by atoms with Gasteiger partial charge in [0.25, 0.3) is 0 Å². The van der Waals surface area contributed by atoms with E-state index >= 15 is 0 Å². The summed E-state index contributed by atoms with van der Waals surface area (Å²) in [6, 6.07) is 18.9. The minimum atomic E-state index is -4.44. The van der Waals surface area contributed by atoms with Gasteiger partial charge in [-0.05, 0) is 72.9 Å². The summed E-state index contributed by atoms with van der Waals surface area (Å²) in [5.41, 5.74) is 2.40. The zero-order valence-corrected chi connectivity index (χ0v) is 22.3. The molecule has 1 aliphatic rings. The van der Waals surface area contributed by atoms with Crippen LogP contribution in [-0.4, -0.2) is 45.9 Å². The molecule has 1 saturated carbocycles. The van der Waals surface area contributed by atoms with E-state index in [1.54, 1.807) is 29.2 Å². The summed E-state index contributed by atoms with van der Waals surface area (Å²) >= 11 is 5.94. The number of benzene rings is 3. The molecule has 3 aromatic carbocycles. The van der Waals surface area contributed by atoms with E-state index in [0.29, 0.717) is 29.2 Å². The van der Waals surface area contributed by atoms with Gasteiger partial charge in [-0.15, -0.1) is 0 Å². The molecule has 0 aliphatic heterocycles. The monoisotopic (exact) mass is 568 g/mol. The third-order valence-electron chi connectivity index (χ3n) is 6.98. The number of rotatable bonds is 9. The van der Waals surface area contributed by atoms with Crippen LogP contribution in [0.2, 0.25) is 5.02 Å². The minimum Gasteiger partial charge on any atom is -0.361 e. The molecule has 4 aromatic rings. The highest BCUT2D eigenvalue weighted by molar-refractivity contribution is 6.30. The van der Waals surface area contributed by atoms with E-state index < -0.39 is 11.7 Å². The third-order valence-corrected chi connectivity index (χ3v) is 7.23. The van der Waals surface area contributed by atoms with E-state index in [-0.39, 0.29) is 31.1 Å². The molecule has 0 atom stereocenters. The first-order valence-electron chi connectivity index (χ1n) is 13.0. The zero-order chi connectivity index (χ0) is 28.3. The Morgan fingerprint density at radius 2 is 1.68 bits per heavy atom. The largest absolute Gasteiger partial charge is 0.416 e. The van der Waals surface area contributed by atoms with Gasteiger partial charge in [0, 0.05) is 46.9 Å². The molecule has 1 aliphatic carbocycles. The van der Waals surface area contributed by atoms with Gasteiger partial charge in [0.1, 0.15) is 6.54 Å². The summed E-state index contributed by atoms with van der Waals surface area (Å²) in [5.74, 6) is -0.280. The fraction of sp³-hybridized carbons (Fsp3) is 0.267. The molecule has 3 amide bonds. The highest BCUT2D eigenvalue weighted by atomic mass is 35.5. The molecule has 5 rings (SSSR count). The summed E-state index contributed by atoms with van der Waals surface area (Å²) in [6.07, 6.45) is -0.394. The first-order valence-corrected chi connectivity index (χ1v) is 13.4. The van der Waals surface area contributed by atoms with E-state index in [9.17, 15) is 22.8 Å². The second-order valence-corrected chi connectivity index (χ2v) is 10.4. The van der Waals surface area contributed by atoms with Crippen molar-refractivity contribution >= 4 is 40.1 Å². The number of halogens is 4. The van der Waals surface area contributed by atoms with E-state index in [0.717, 1.165) is 41.4 Å². The predicted octanol–water partition coefficient (Wildman–Crippen LogP) is 7.11. The molecule has 0 unspecified atom stereocenters. The van der Waals surface area contributed by atoms with Crippen LogP contribution < -0.4 is 5.32 Å². The number of nitrogens with one attached hydrogen (secondary N) is 2. The standard InChI is InChI=1S/C30H28ClF3N4O2/c31-23-9-11-24(12-10-23)36-29(40)38(25-13-14-25)19-28(39)37(18-20-5-7-22(8-6-20)30(32,33)34)16-15-21-17-35-27-4-2-1-3-26(21)27/h1-12,17,25,35H,13-16,18-19H2,(H,36,40). The Balaban J connectivity index is 1.33. The Morgan fingerprint density at radius 1 is 0.975 bits per heavy atom. The lowest BCUT2D eigenvalue weighted by Gasteiger charge is -2.28. The van der Waals surface area contributed by atoms with Crippen LogP contribution in [0.3, 0.4) is 0 Å².